The first-order valence-electron chi connectivity index (χ1n) is 11.2. The van der Waals surface area contributed by atoms with Crippen molar-refractivity contribution in [3.05, 3.63) is 23.8 Å². The molecule has 0 bridgehead atoms. The van der Waals surface area contributed by atoms with Gasteiger partial charge in [0, 0.05) is 58.0 Å². The van der Waals surface area contributed by atoms with Gasteiger partial charge in [-0.05, 0) is 50.7 Å². The lowest BCUT2D eigenvalue weighted by Crippen LogP contribution is -2.48. The van der Waals surface area contributed by atoms with Crippen LogP contribution in [0.15, 0.2) is 23.2 Å². The maximum Gasteiger partial charge on any atom is 0.191 e. The predicted molar refractivity (Wildman–Crippen MR) is 121 cm³/mol. The predicted octanol–water partition coefficient (Wildman–Crippen LogP) is 2.79. The molecule has 0 amide bonds. The fourth-order valence-electron chi connectivity index (χ4n) is 4.19. The van der Waals surface area contributed by atoms with Gasteiger partial charge in [-0.15, -0.1) is 0 Å². The molecule has 168 valence electrons. The summed E-state index contributed by atoms with van der Waals surface area (Å²) in [6.07, 6.45) is 7.32. The second-order valence-corrected chi connectivity index (χ2v) is 8.18. The molecule has 1 aromatic carbocycles. The lowest BCUT2D eigenvalue weighted by molar-refractivity contribution is 0.128. The molecule has 2 aliphatic rings. The van der Waals surface area contributed by atoms with E-state index < -0.39 is 0 Å². The third-order valence-corrected chi connectivity index (χ3v) is 6.08. The van der Waals surface area contributed by atoms with Crippen molar-refractivity contribution in [2.24, 2.45) is 4.99 Å². The van der Waals surface area contributed by atoms with Crippen LogP contribution >= 0.6 is 0 Å². The van der Waals surface area contributed by atoms with E-state index in [2.05, 4.69) is 26.6 Å². The van der Waals surface area contributed by atoms with Crippen molar-refractivity contribution in [1.82, 2.24) is 15.5 Å². The molecule has 0 atom stereocenters. The largest absolute Gasteiger partial charge is 0.497 e. The van der Waals surface area contributed by atoms with Gasteiger partial charge >= 0.3 is 0 Å². The third-order valence-electron chi connectivity index (χ3n) is 6.08. The lowest BCUT2D eigenvalue weighted by Gasteiger charge is -2.32. The number of piperidine rings is 1. The summed E-state index contributed by atoms with van der Waals surface area (Å²) < 4.78 is 16.9. The number of rotatable bonds is 9. The number of aliphatic imine (C=N–C) groups is 1. The van der Waals surface area contributed by atoms with Gasteiger partial charge in [0.05, 0.1) is 19.8 Å². The Kier molecular flexibility index (Phi) is 9.08. The Morgan fingerprint density at radius 2 is 1.90 bits per heavy atom. The van der Waals surface area contributed by atoms with Gasteiger partial charge in [-0.1, -0.05) is 0 Å². The highest BCUT2D eigenvalue weighted by Gasteiger charge is 2.21. The average Bonchev–Trinajstić information content (AvgIpc) is 3.29. The first-order valence-corrected chi connectivity index (χ1v) is 11.2. The van der Waals surface area contributed by atoms with Gasteiger partial charge in [-0.3, -0.25) is 4.99 Å². The van der Waals surface area contributed by atoms with E-state index in [9.17, 15) is 0 Å². The van der Waals surface area contributed by atoms with Gasteiger partial charge in [0.2, 0.25) is 0 Å². The van der Waals surface area contributed by atoms with Crippen molar-refractivity contribution in [2.75, 3.05) is 47.5 Å². The van der Waals surface area contributed by atoms with Gasteiger partial charge in [-0.25, -0.2) is 0 Å². The molecule has 1 saturated carbocycles. The van der Waals surface area contributed by atoms with Crippen LogP contribution < -0.4 is 20.1 Å². The van der Waals surface area contributed by atoms with E-state index in [1.54, 1.807) is 14.2 Å². The smallest absolute Gasteiger partial charge is 0.191 e. The number of guanidine groups is 1. The number of ether oxygens (including phenoxy) is 3. The zero-order chi connectivity index (χ0) is 21.2. The fraction of sp³-hybridized carbons (Fsp3) is 0.696. The Labute approximate surface area is 181 Å². The van der Waals surface area contributed by atoms with Crippen LogP contribution in [0.5, 0.6) is 11.5 Å². The van der Waals surface area contributed by atoms with Crippen molar-refractivity contribution in [3.63, 3.8) is 0 Å². The number of hydrogen-bond donors (Lipinski definition) is 2. The minimum absolute atomic E-state index is 0.316. The van der Waals surface area contributed by atoms with Crippen molar-refractivity contribution in [2.45, 2.75) is 57.2 Å². The standard InChI is InChI=1S/C23H38N4O3/c1-24-23(26-19-10-12-27(13-11-19)14-15-28-2)25-17-18-8-9-21(29-3)16-22(18)30-20-6-4-5-7-20/h8-9,16,19-20H,4-7,10-15,17H2,1-3H3,(H2,24,25,26). The van der Waals surface area contributed by atoms with E-state index in [0.717, 1.165) is 74.9 Å². The first kappa shape index (κ1) is 22.7. The molecular weight excluding hydrogens is 380 g/mol. The molecule has 0 spiro atoms. The number of likely N-dealkylation sites (tertiary alicyclic amines) is 1. The molecule has 1 heterocycles. The van der Waals surface area contributed by atoms with Crippen LogP contribution in [-0.2, 0) is 11.3 Å². The fourth-order valence-corrected chi connectivity index (χ4v) is 4.19. The first-order chi connectivity index (χ1) is 14.7. The van der Waals surface area contributed by atoms with Gasteiger partial charge in [-0.2, -0.15) is 0 Å². The SMILES string of the molecule is CN=C(NCc1ccc(OC)cc1OC1CCCC1)NC1CCN(CCOC)CC1. The molecule has 7 nitrogen and oxygen atoms in total. The molecule has 2 N–H and O–H groups in total. The molecule has 1 aromatic rings. The number of hydrogen-bond acceptors (Lipinski definition) is 5. The Hall–Kier alpha value is -1.99. The molecule has 2 fully saturated rings. The quantitative estimate of drug-likeness (QED) is 0.475. The van der Waals surface area contributed by atoms with Crippen molar-refractivity contribution < 1.29 is 14.2 Å². The summed E-state index contributed by atoms with van der Waals surface area (Å²) in [5.74, 6) is 2.58. The molecule has 7 heteroatoms. The Balaban J connectivity index is 1.52. The Bertz CT molecular complexity index is 668. The normalized spacial score (nSPS) is 19.1. The van der Waals surface area contributed by atoms with Gasteiger partial charge in [0.25, 0.3) is 0 Å². The van der Waals surface area contributed by atoms with Gasteiger partial charge in [0.15, 0.2) is 5.96 Å². The summed E-state index contributed by atoms with van der Waals surface area (Å²) in [5.41, 5.74) is 1.13. The zero-order valence-electron chi connectivity index (χ0n) is 18.8. The molecule has 3 rings (SSSR count). The summed E-state index contributed by atoms with van der Waals surface area (Å²) >= 11 is 0. The van der Waals surface area contributed by atoms with E-state index in [0.29, 0.717) is 18.7 Å². The number of benzene rings is 1. The lowest BCUT2D eigenvalue weighted by atomic mass is 10.1. The highest BCUT2D eigenvalue weighted by Crippen LogP contribution is 2.30. The van der Waals surface area contributed by atoms with E-state index in [4.69, 9.17) is 14.2 Å². The van der Waals surface area contributed by atoms with Crippen LogP contribution in [-0.4, -0.2) is 70.5 Å². The summed E-state index contributed by atoms with van der Waals surface area (Å²) in [4.78, 5) is 6.89. The second-order valence-electron chi connectivity index (χ2n) is 8.18. The van der Waals surface area contributed by atoms with Crippen LogP contribution in [0.2, 0.25) is 0 Å². The van der Waals surface area contributed by atoms with Crippen LogP contribution in [0.25, 0.3) is 0 Å². The topological polar surface area (TPSA) is 67.4 Å². The minimum atomic E-state index is 0.316. The molecule has 0 radical (unpaired) electrons. The molecule has 0 aromatic heterocycles. The van der Waals surface area contributed by atoms with Gasteiger partial charge < -0.3 is 29.7 Å². The monoisotopic (exact) mass is 418 g/mol. The molecule has 1 saturated heterocycles. The summed E-state index contributed by atoms with van der Waals surface area (Å²) in [5, 5.41) is 7.05. The molecular formula is C23H38N4O3. The van der Waals surface area contributed by atoms with Crippen molar-refractivity contribution in [3.8, 4) is 11.5 Å². The Morgan fingerprint density at radius 1 is 1.13 bits per heavy atom. The maximum absolute atomic E-state index is 6.31. The highest BCUT2D eigenvalue weighted by molar-refractivity contribution is 5.80. The maximum atomic E-state index is 6.31. The highest BCUT2D eigenvalue weighted by atomic mass is 16.5. The summed E-state index contributed by atoms with van der Waals surface area (Å²) in [6, 6.07) is 6.52. The van der Waals surface area contributed by atoms with Crippen molar-refractivity contribution >= 4 is 5.96 Å². The number of methoxy groups -OCH3 is 2. The van der Waals surface area contributed by atoms with E-state index in [1.165, 1.54) is 12.8 Å². The average molecular weight is 419 g/mol. The number of nitrogens with one attached hydrogen (secondary N) is 2. The summed E-state index contributed by atoms with van der Waals surface area (Å²) in [7, 11) is 5.28. The minimum Gasteiger partial charge on any atom is -0.497 e. The van der Waals surface area contributed by atoms with Crippen LogP contribution in [0.4, 0.5) is 0 Å². The van der Waals surface area contributed by atoms with E-state index in [-0.39, 0.29) is 0 Å². The third kappa shape index (κ3) is 6.77. The molecule has 1 aliphatic carbocycles. The van der Waals surface area contributed by atoms with Crippen LogP contribution in [0.3, 0.4) is 0 Å². The van der Waals surface area contributed by atoms with E-state index in [1.807, 2.05) is 19.2 Å². The van der Waals surface area contributed by atoms with Crippen LogP contribution in [0.1, 0.15) is 44.1 Å². The zero-order valence-corrected chi connectivity index (χ0v) is 18.8. The second kappa shape index (κ2) is 12.0. The molecule has 30 heavy (non-hydrogen) atoms. The van der Waals surface area contributed by atoms with Crippen LogP contribution in [0, 0.1) is 0 Å². The van der Waals surface area contributed by atoms with Gasteiger partial charge in [0.1, 0.15) is 11.5 Å². The summed E-state index contributed by atoms with van der Waals surface area (Å²) in [6.45, 7) is 4.66. The number of nitrogens with zero attached hydrogens (tertiary/aromatic N) is 2. The molecule has 1 aliphatic heterocycles. The Morgan fingerprint density at radius 3 is 2.57 bits per heavy atom. The molecule has 0 unspecified atom stereocenters. The van der Waals surface area contributed by atoms with E-state index >= 15 is 0 Å². The van der Waals surface area contributed by atoms with Crippen molar-refractivity contribution in [1.29, 1.82) is 0 Å².